The molecule has 2 aliphatic rings. The van der Waals surface area contributed by atoms with E-state index < -0.39 is 5.41 Å². The van der Waals surface area contributed by atoms with Crippen molar-refractivity contribution in [3.63, 3.8) is 0 Å². The SMILES string of the molecule is CCCCN(C)CC1CC2(CCN(C(=O)c3ccc(Cn4ccnc4)o3)CC2)C(=O)O1. The van der Waals surface area contributed by atoms with Crippen molar-refractivity contribution < 1.29 is 18.7 Å². The van der Waals surface area contributed by atoms with E-state index in [4.69, 9.17) is 9.15 Å². The van der Waals surface area contributed by atoms with Crippen molar-refractivity contribution in [2.24, 2.45) is 5.41 Å². The van der Waals surface area contributed by atoms with Gasteiger partial charge in [-0.3, -0.25) is 9.59 Å². The first-order valence-corrected chi connectivity index (χ1v) is 11.2. The lowest BCUT2D eigenvalue weighted by Crippen LogP contribution is -2.45. The second-order valence-corrected chi connectivity index (χ2v) is 8.92. The lowest BCUT2D eigenvalue weighted by atomic mass is 9.76. The molecule has 8 heteroatoms. The Morgan fingerprint density at radius 3 is 2.84 bits per heavy atom. The molecule has 1 atom stereocenters. The zero-order valence-corrected chi connectivity index (χ0v) is 18.5. The summed E-state index contributed by atoms with van der Waals surface area (Å²) in [6.07, 6.45) is 9.57. The molecule has 4 heterocycles. The van der Waals surface area contributed by atoms with Crippen molar-refractivity contribution >= 4 is 11.9 Å². The number of carbonyl (C=O) groups is 2. The monoisotopic (exact) mass is 428 g/mol. The maximum Gasteiger partial charge on any atom is 0.312 e. The molecule has 2 aliphatic heterocycles. The van der Waals surface area contributed by atoms with Crippen LogP contribution in [0, 0.1) is 5.41 Å². The maximum atomic E-state index is 12.9. The number of likely N-dealkylation sites (tertiary alicyclic amines) is 1. The minimum Gasteiger partial charge on any atom is -0.461 e. The van der Waals surface area contributed by atoms with Gasteiger partial charge in [0.25, 0.3) is 5.91 Å². The van der Waals surface area contributed by atoms with Crippen LogP contribution in [-0.2, 0) is 16.1 Å². The molecule has 168 valence electrons. The number of rotatable bonds is 8. The molecular formula is C23H32N4O4. The lowest BCUT2D eigenvalue weighted by molar-refractivity contribution is -0.150. The Kier molecular flexibility index (Phi) is 6.46. The molecule has 1 spiro atoms. The van der Waals surface area contributed by atoms with Crippen LogP contribution in [0.1, 0.15) is 55.3 Å². The Labute approximate surface area is 183 Å². The van der Waals surface area contributed by atoms with Gasteiger partial charge in [-0.2, -0.15) is 0 Å². The van der Waals surface area contributed by atoms with Crippen LogP contribution in [0.3, 0.4) is 0 Å². The molecule has 8 nitrogen and oxygen atoms in total. The summed E-state index contributed by atoms with van der Waals surface area (Å²) in [6, 6.07) is 3.55. The number of imidazole rings is 1. The number of cyclic esters (lactones) is 1. The number of likely N-dealkylation sites (N-methyl/N-ethyl adjacent to an activating group) is 1. The summed E-state index contributed by atoms with van der Waals surface area (Å²) in [4.78, 5) is 33.6. The van der Waals surface area contributed by atoms with Crippen molar-refractivity contribution in [1.29, 1.82) is 0 Å². The van der Waals surface area contributed by atoms with Crippen LogP contribution < -0.4 is 0 Å². The van der Waals surface area contributed by atoms with Crippen LogP contribution in [0.25, 0.3) is 0 Å². The molecule has 4 rings (SSSR count). The highest BCUT2D eigenvalue weighted by Gasteiger charge is 2.51. The van der Waals surface area contributed by atoms with Gasteiger partial charge < -0.3 is 23.5 Å². The molecule has 1 amide bonds. The summed E-state index contributed by atoms with van der Waals surface area (Å²) in [5.74, 6) is 0.850. The summed E-state index contributed by atoms with van der Waals surface area (Å²) in [7, 11) is 2.08. The molecule has 31 heavy (non-hydrogen) atoms. The molecule has 0 N–H and O–H groups in total. The molecule has 0 aliphatic carbocycles. The smallest absolute Gasteiger partial charge is 0.312 e. The van der Waals surface area contributed by atoms with E-state index in [1.54, 1.807) is 23.5 Å². The third kappa shape index (κ3) is 4.84. The first-order valence-electron chi connectivity index (χ1n) is 11.2. The van der Waals surface area contributed by atoms with Gasteiger partial charge in [0.2, 0.25) is 0 Å². The highest BCUT2D eigenvalue weighted by Crippen LogP contribution is 2.43. The van der Waals surface area contributed by atoms with E-state index in [0.29, 0.717) is 44.0 Å². The van der Waals surface area contributed by atoms with Gasteiger partial charge >= 0.3 is 5.97 Å². The maximum absolute atomic E-state index is 12.9. The highest BCUT2D eigenvalue weighted by molar-refractivity contribution is 5.92. The number of amides is 1. The summed E-state index contributed by atoms with van der Waals surface area (Å²) >= 11 is 0. The Hall–Kier alpha value is -2.61. The fourth-order valence-corrected chi connectivity index (χ4v) is 4.65. The molecule has 2 fully saturated rings. The Morgan fingerprint density at radius 1 is 1.32 bits per heavy atom. The molecule has 0 radical (unpaired) electrons. The van der Waals surface area contributed by atoms with Crippen LogP contribution in [-0.4, -0.2) is 70.6 Å². The van der Waals surface area contributed by atoms with Gasteiger partial charge in [-0.05, 0) is 45.0 Å². The van der Waals surface area contributed by atoms with Crippen LogP contribution in [0.2, 0.25) is 0 Å². The third-order valence-corrected chi connectivity index (χ3v) is 6.51. The Bertz CT molecular complexity index is 883. The number of hydrogen-bond acceptors (Lipinski definition) is 6. The highest BCUT2D eigenvalue weighted by atomic mass is 16.6. The number of esters is 1. The van der Waals surface area contributed by atoms with Gasteiger partial charge in [-0.15, -0.1) is 0 Å². The van der Waals surface area contributed by atoms with E-state index in [2.05, 4.69) is 23.9 Å². The van der Waals surface area contributed by atoms with E-state index >= 15 is 0 Å². The van der Waals surface area contributed by atoms with E-state index in [1.165, 1.54) is 0 Å². The van der Waals surface area contributed by atoms with Gasteiger partial charge in [-0.25, -0.2) is 4.98 Å². The van der Waals surface area contributed by atoms with E-state index in [1.807, 2.05) is 16.8 Å². The number of furan rings is 1. The van der Waals surface area contributed by atoms with Crippen LogP contribution in [0.5, 0.6) is 0 Å². The largest absolute Gasteiger partial charge is 0.461 e. The summed E-state index contributed by atoms with van der Waals surface area (Å²) in [6.45, 7) is 5.61. The topological polar surface area (TPSA) is 80.8 Å². The number of nitrogens with zero attached hydrogens (tertiary/aromatic N) is 4. The van der Waals surface area contributed by atoms with Gasteiger partial charge in [-0.1, -0.05) is 13.3 Å². The van der Waals surface area contributed by atoms with Gasteiger partial charge in [0, 0.05) is 38.4 Å². The summed E-state index contributed by atoms with van der Waals surface area (Å²) < 4.78 is 13.4. The molecule has 0 aromatic carbocycles. The normalized spacial score (nSPS) is 20.5. The number of hydrogen-bond donors (Lipinski definition) is 0. The predicted molar refractivity (Wildman–Crippen MR) is 115 cm³/mol. The number of carbonyl (C=O) groups excluding carboxylic acids is 2. The summed E-state index contributed by atoms with van der Waals surface area (Å²) in [5.41, 5.74) is -0.442. The Morgan fingerprint density at radius 2 is 2.13 bits per heavy atom. The molecule has 0 bridgehead atoms. The van der Waals surface area contributed by atoms with E-state index in [-0.39, 0.29) is 18.0 Å². The van der Waals surface area contributed by atoms with Crippen molar-refractivity contribution in [1.82, 2.24) is 19.4 Å². The Balaban J connectivity index is 1.30. The van der Waals surface area contributed by atoms with Gasteiger partial charge in [0.15, 0.2) is 5.76 Å². The van der Waals surface area contributed by atoms with Crippen LogP contribution in [0.15, 0.2) is 35.3 Å². The molecule has 0 saturated carbocycles. The minimum absolute atomic E-state index is 0.0487. The first-order chi connectivity index (χ1) is 15.0. The van der Waals surface area contributed by atoms with Crippen LogP contribution in [0.4, 0.5) is 0 Å². The first kappa shape index (κ1) is 21.6. The van der Waals surface area contributed by atoms with Crippen molar-refractivity contribution in [2.45, 2.75) is 51.7 Å². The van der Waals surface area contributed by atoms with Crippen LogP contribution >= 0.6 is 0 Å². The average Bonchev–Trinajstić information content (AvgIpc) is 3.49. The summed E-state index contributed by atoms with van der Waals surface area (Å²) in [5, 5.41) is 0. The molecule has 1 unspecified atom stereocenters. The molecule has 2 aromatic heterocycles. The lowest BCUT2D eigenvalue weighted by Gasteiger charge is -2.36. The van der Waals surface area contributed by atoms with E-state index in [9.17, 15) is 9.59 Å². The minimum atomic E-state index is -0.442. The van der Waals surface area contributed by atoms with E-state index in [0.717, 1.165) is 32.4 Å². The fraction of sp³-hybridized carbons (Fsp3) is 0.609. The molecule has 2 saturated heterocycles. The van der Waals surface area contributed by atoms with Gasteiger partial charge in [0.05, 0.1) is 18.3 Å². The molecular weight excluding hydrogens is 396 g/mol. The average molecular weight is 429 g/mol. The van der Waals surface area contributed by atoms with Gasteiger partial charge in [0.1, 0.15) is 11.9 Å². The molecule has 2 aromatic rings. The zero-order valence-electron chi connectivity index (χ0n) is 18.5. The second-order valence-electron chi connectivity index (χ2n) is 8.92. The van der Waals surface area contributed by atoms with Crippen molar-refractivity contribution in [3.05, 3.63) is 42.4 Å². The standard InChI is InChI=1S/C23H32N4O4/c1-3-4-10-25(2)15-19-14-23(22(29)31-19)7-11-27(12-8-23)21(28)20-6-5-18(30-20)16-26-13-9-24-17-26/h5-6,9,13,17,19H,3-4,7-8,10-12,14-16H2,1-2H3. The van der Waals surface area contributed by atoms with Crippen molar-refractivity contribution in [3.8, 4) is 0 Å². The third-order valence-electron chi connectivity index (χ3n) is 6.51. The second kappa shape index (κ2) is 9.26. The number of unbranched alkanes of at least 4 members (excludes halogenated alkanes) is 1. The fourth-order valence-electron chi connectivity index (χ4n) is 4.65. The zero-order chi connectivity index (χ0) is 21.8. The predicted octanol–water partition coefficient (Wildman–Crippen LogP) is 2.79. The quantitative estimate of drug-likeness (QED) is 0.602. The van der Waals surface area contributed by atoms with Crippen molar-refractivity contribution in [2.75, 3.05) is 33.2 Å². The number of aromatic nitrogens is 2. The number of piperidine rings is 1. The number of ether oxygens (including phenoxy) is 1.